The van der Waals surface area contributed by atoms with Crippen LogP contribution >= 0.6 is 15.9 Å². The third-order valence-corrected chi connectivity index (χ3v) is 2.62. The third-order valence-electron chi connectivity index (χ3n) is 2.26. The summed E-state index contributed by atoms with van der Waals surface area (Å²) in [5, 5.41) is 2.93. The van der Waals surface area contributed by atoms with Gasteiger partial charge in [-0.15, -0.1) is 0 Å². The monoisotopic (exact) mass is 284 g/mol. The summed E-state index contributed by atoms with van der Waals surface area (Å²) in [7, 11) is 1.76. The first-order chi connectivity index (χ1) is 7.63. The van der Waals surface area contributed by atoms with E-state index >= 15 is 0 Å². The van der Waals surface area contributed by atoms with Gasteiger partial charge in [0.15, 0.2) is 6.61 Å². The molecule has 0 saturated carbocycles. The smallest absolute Gasteiger partial charge is 0.301 e. The minimum absolute atomic E-state index is 0.122. The van der Waals surface area contributed by atoms with Crippen LogP contribution in [0, 0.1) is 0 Å². The third kappa shape index (κ3) is 1.76. The first kappa shape index (κ1) is 10.9. The van der Waals surface area contributed by atoms with Crippen molar-refractivity contribution in [2.75, 3.05) is 23.9 Å². The number of hydrogen-bond donors (Lipinski definition) is 1. The van der Waals surface area contributed by atoms with E-state index in [-0.39, 0.29) is 12.5 Å². The Hall–Kier alpha value is -1.56. The summed E-state index contributed by atoms with van der Waals surface area (Å²) in [6.45, 7) is -0.122. The molecule has 0 fully saturated rings. The number of hydrogen-bond acceptors (Lipinski definition) is 4. The lowest BCUT2D eigenvalue weighted by molar-refractivity contribution is -0.120. The summed E-state index contributed by atoms with van der Waals surface area (Å²) in [6, 6.07) is 5.22. The largest absolute Gasteiger partial charge is 0.482 e. The van der Waals surface area contributed by atoms with Crippen LogP contribution in [0.4, 0.5) is 16.2 Å². The predicted molar refractivity (Wildman–Crippen MR) is 63.3 cm³/mol. The number of carbonyl (C=O) groups is 2. The van der Waals surface area contributed by atoms with Crippen molar-refractivity contribution in [1.82, 2.24) is 0 Å². The molecular weight excluding hydrogens is 276 g/mol. The van der Waals surface area contributed by atoms with Gasteiger partial charge in [0.2, 0.25) is 0 Å². The summed E-state index contributed by atoms with van der Waals surface area (Å²) in [4.78, 5) is 23.4. The Morgan fingerprint density at radius 3 is 2.94 bits per heavy atom. The van der Waals surface area contributed by atoms with E-state index in [2.05, 4.69) is 21.2 Å². The van der Waals surface area contributed by atoms with Gasteiger partial charge >= 0.3 is 4.82 Å². The number of benzene rings is 1. The number of imide groups is 1. The molecule has 0 aliphatic carbocycles. The lowest BCUT2D eigenvalue weighted by Crippen LogP contribution is -2.40. The molecule has 0 bridgehead atoms. The molecule has 1 aliphatic heterocycles. The van der Waals surface area contributed by atoms with Crippen molar-refractivity contribution in [3.8, 4) is 5.75 Å². The maximum atomic E-state index is 11.5. The van der Waals surface area contributed by atoms with Gasteiger partial charge in [0.25, 0.3) is 5.91 Å². The average molecular weight is 285 g/mol. The predicted octanol–water partition coefficient (Wildman–Crippen LogP) is 1.97. The van der Waals surface area contributed by atoms with Gasteiger partial charge in [-0.25, -0.2) is 4.90 Å². The maximum Gasteiger partial charge on any atom is 0.301 e. The zero-order chi connectivity index (χ0) is 11.7. The van der Waals surface area contributed by atoms with Gasteiger partial charge in [0.05, 0.1) is 5.69 Å². The standard InChI is InChI=1S/C10H9BrN2O3/c1-12-6-2-3-8-7(4-6)13(10(11)15)9(14)5-16-8/h2-4,12H,5H2,1H3. The summed E-state index contributed by atoms with van der Waals surface area (Å²) in [5.41, 5.74) is 1.25. The maximum absolute atomic E-state index is 11.5. The molecule has 1 aromatic carbocycles. The number of nitrogens with one attached hydrogen (secondary N) is 1. The number of ether oxygens (including phenoxy) is 1. The van der Waals surface area contributed by atoms with E-state index in [9.17, 15) is 9.59 Å². The molecule has 84 valence electrons. The van der Waals surface area contributed by atoms with Gasteiger partial charge in [0.1, 0.15) is 5.75 Å². The molecule has 0 spiro atoms. The normalized spacial score (nSPS) is 14.1. The fourth-order valence-corrected chi connectivity index (χ4v) is 1.89. The number of nitrogens with zero attached hydrogens (tertiary/aromatic N) is 1. The molecule has 0 unspecified atom stereocenters. The van der Waals surface area contributed by atoms with Crippen LogP contribution in [0.15, 0.2) is 18.2 Å². The molecule has 2 amide bonds. The van der Waals surface area contributed by atoms with Gasteiger partial charge < -0.3 is 10.1 Å². The molecule has 1 N–H and O–H groups in total. The molecular formula is C10H9BrN2O3. The zero-order valence-electron chi connectivity index (χ0n) is 8.49. The second-order valence-electron chi connectivity index (χ2n) is 3.20. The van der Waals surface area contributed by atoms with Crippen molar-refractivity contribution in [1.29, 1.82) is 0 Å². The number of carbonyl (C=O) groups excluding carboxylic acids is 2. The highest BCUT2D eigenvalue weighted by molar-refractivity contribution is 9.18. The van der Waals surface area contributed by atoms with Crippen LogP contribution in [0.25, 0.3) is 0 Å². The first-order valence-corrected chi connectivity index (χ1v) is 5.40. The topological polar surface area (TPSA) is 58.6 Å². The van der Waals surface area contributed by atoms with Gasteiger partial charge in [-0.05, 0) is 18.2 Å². The number of anilines is 2. The van der Waals surface area contributed by atoms with Crippen molar-refractivity contribution in [3.05, 3.63) is 18.2 Å². The quantitative estimate of drug-likeness (QED) is 0.633. The molecule has 5 nitrogen and oxygen atoms in total. The molecule has 16 heavy (non-hydrogen) atoms. The number of rotatable bonds is 1. The van der Waals surface area contributed by atoms with Gasteiger partial charge in [-0.1, -0.05) is 0 Å². The number of amides is 2. The fraction of sp³-hybridized carbons (Fsp3) is 0.200. The molecule has 0 radical (unpaired) electrons. The molecule has 1 aliphatic rings. The Morgan fingerprint density at radius 2 is 2.31 bits per heavy atom. The SMILES string of the molecule is CNc1ccc2c(c1)N(C(=O)Br)C(=O)CO2. The van der Waals surface area contributed by atoms with E-state index in [1.807, 2.05) is 6.07 Å². The van der Waals surface area contributed by atoms with Crippen LogP contribution in [-0.4, -0.2) is 24.4 Å². The summed E-state index contributed by atoms with van der Waals surface area (Å²) < 4.78 is 5.22. The fourth-order valence-electron chi connectivity index (χ4n) is 1.50. The molecule has 1 heterocycles. The number of fused-ring (bicyclic) bond motifs is 1. The van der Waals surface area contributed by atoms with Crippen LogP contribution in [0.5, 0.6) is 5.75 Å². The van der Waals surface area contributed by atoms with Crippen molar-refractivity contribution >= 4 is 38.0 Å². The average Bonchev–Trinajstić information content (AvgIpc) is 2.27. The molecule has 0 saturated heterocycles. The molecule has 1 aromatic rings. The van der Waals surface area contributed by atoms with Crippen LogP contribution in [0.3, 0.4) is 0 Å². The van der Waals surface area contributed by atoms with E-state index in [4.69, 9.17) is 4.74 Å². The summed E-state index contributed by atoms with van der Waals surface area (Å²) >= 11 is 2.78. The summed E-state index contributed by atoms with van der Waals surface area (Å²) in [6.07, 6.45) is 0. The van der Waals surface area contributed by atoms with E-state index < -0.39 is 4.82 Å². The lowest BCUT2D eigenvalue weighted by Gasteiger charge is -2.26. The second-order valence-corrected chi connectivity index (χ2v) is 3.88. The Kier molecular flexibility index (Phi) is 2.82. The van der Waals surface area contributed by atoms with Gasteiger partial charge in [0, 0.05) is 28.7 Å². The molecule has 6 heteroatoms. The Balaban J connectivity index is 2.52. The first-order valence-electron chi connectivity index (χ1n) is 4.60. The highest BCUT2D eigenvalue weighted by Crippen LogP contribution is 2.35. The molecule has 0 aromatic heterocycles. The Bertz CT molecular complexity index is 461. The Morgan fingerprint density at radius 1 is 1.56 bits per heavy atom. The Labute approximate surface area is 100 Å². The minimum atomic E-state index is -0.490. The van der Waals surface area contributed by atoms with Crippen molar-refractivity contribution in [2.45, 2.75) is 0 Å². The lowest BCUT2D eigenvalue weighted by atomic mass is 10.2. The van der Waals surface area contributed by atoms with Crippen molar-refractivity contribution < 1.29 is 14.3 Å². The van der Waals surface area contributed by atoms with E-state index in [0.29, 0.717) is 11.4 Å². The van der Waals surface area contributed by atoms with Crippen molar-refractivity contribution in [3.63, 3.8) is 0 Å². The van der Waals surface area contributed by atoms with Crippen molar-refractivity contribution in [2.24, 2.45) is 0 Å². The van der Waals surface area contributed by atoms with E-state index in [0.717, 1.165) is 10.6 Å². The van der Waals surface area contributed by atoms with E-state index in [1.165, 1.54) is 0 Å². The zero-order valence-corrected chi connectivity index (χ0v) is 10.1. The van der Waals surface area contributed by atoms with Crippen LogP contribution < -0.4 is 15.0 Å². The number of halogens is 1. The highest BCUT2D eigenvalue weighted by Gasteiger charge is 2.29. The molecule has 2 rings (SSSR count). The van der Waals surface area contributed by atoms with Gasteiger partial charge in [-0.3, -0.25) is 9.59 Å². The minimum Gasteiger partial charge on any atom is -0.482 e. The second kappa shape index (κ2) is 4.13. The van der Waals surface area contributed by atoms with Gasteiger partial charge in [-0.2, -0.15) is 0 Å². The van der Waals surface area contributed by atoms with E-state index in [1.54, 1.807) is 19.2 Å². The van der Waals surface area contributed by atoms with Crippen LogP contribution in [0.1, 0.15) is 0 Å². The highest BCUT2D eigenvalue weighted by atomic mass is 79.9. The van der Waals surface area contributed by atoms with Crippen LogP contribution in [-0.2, 0) is 4.79 Å². The van der Waals surface area contributed by atoms with Crippen LogP contribution in [0.2, 0.25) is 0 Å². The summed E-state index contributed by atoms with van der Waals surface area (Å²) in [5.74, 6) is 0.133. The molecule has 0 atom stereocenters.